The molecule has 1 unspecified atom stereocenters. The molecule has 2 aromatic carbocycles. The van der Waals surface area contributed by atoms with E-state index in [9.17, 15) is 14.4 Å². The number of rotatable bonds is 9. The highest BCUT2D eigenvalue weighted by molar-refractivity contribution is 6.05. The first kappa shape index (κ1) is 30.9. The summed E-state index contributed by atoms with van der Waals surface area (Å²) in [6, 6.07) is 18.8. The monoisotopic (exact) mass is 583 g/mol. The Bertz CT molecular complexity index is 1580. The van der Waals surface area contributed by atoms with Crippen LogP contribution in [0.2, 0.25) is 0 Å². The molecule has 0 bridgehead atoms. The maximum atomic E-state index is 13.0. The van der Waals surface area contributed by atoms with Crippen molar-refractivity contribution in [2.45, 2.75) is 38.8 Å². The number of urea groups is 1. The first-order chi connectivity index (χ1) is 20.5. The van der Waals surface area contributed by atoms with Gasteiger partial charge in [-0.2, -0.15) is 0 Å². The minimum absolute atomic E-state index is 0.177. The van der Waals surface area contributed by atoms with Crippen molar-refractivity contribution in [3.8, 4) is 0 Å². The number of nitrogens with one attached hydrogen (secondary N) is 4. The van der Waals surface area contributed by atoms with E-state index in [1.165, 1.54) is 0 Å². The number of nitrogens with zero attached hydrogens (tertiary/aromatic N) is 3. The minimum Gasteiger partial charge on any atom is -0.444 e. The number of ether oxygens (including phenoxy) is 1. The van der Waals surface area contributed by atoms with E-state index in [2.05, 4.69) is 31.2 Å². The molecule has 0 aliphatic heterocycles. The van der Waals surface area contributed by atoms with Crippen LogP contribution in [0.4, 0.5) is 26.7 Å². The lowest BCUT2D eigenvalue weighted by atomic mass is 10.1. The molecular formula is C32H37N7O4. The quantitative estimate of drug-likeness (QED) is 0.188. The summed E-state index contributed by atoms with van der Waals surface area (Å²) in [6.07, 6.45) is 3.30. The van der Waals surface area contributed by atoms with Crippen molar-refractivity contribution in [3.63, 3.8) is 0 Å². The molecule has 2 aromatic heterocycles. The number of para-hydroxylation sites is 2. The fraction of sp³-hybridized carbons (Fsp3) is 0.281. The van der Waals surface area contributed by atoms with Crippen LogP contribution in [0.3, 0.4) is 0 Å². The molecule has 0 saturated heterocycles. The number of pyridine rings is 2. The molecule has 0 aliphatic rings. The Kier molecular flexibility index (Phi) is 9.89. The normalized spacial score (nSPS) is 12.0. The highest BCUT2D eigenvalue weighted by atomic mass is 16.6. The van der Waals surface area contributed by atoms with Gasteiger partial charge in [0.2, 0.25) is 0 Å². The zero-order valence-corrected chi connectivity index (χ0v) is 25.0. The molecule has 2 heterocycles. The molecule has 43 heavy (non-hydrogen) atoms. The topological polar surface area (TPSA) is 138 Å². The van der Waals surface area contributed by atoms with E-state index in [-0.39, 0.29) is 17.8 Å². The van der Waals surface area contributed by atoms with Crippen LogP contribution in [0.5, 0.6) is 0 Å². The molecule has 1 atom stereocenters. The van der Waals surface area contributed by atoms with Crippen LogP contribution >= 0.6 is 0 Å². The molecule has 11 heteroatoms. The smallest absolute Gasteiger partial charge is 0.412 e. The Balaban J connectivity index is 1.43. The van der Waals surface area contributed by atoms with Crippen LogP contribution in [-0.2, 0) is 4.74 Å². The highest BCUT2D eigenvalue weighted by Gasteiger charge is 2.19. The van der Waals surface area contributed by atoms with Crippen molar-refractivity contribution < 1.29 is 19.1 Å². The second-order valence-electron chi connectivity index (χ2n) is 11.3. The van der Waals surface area contributed by atoms with Crippen molar-refractivity contribution in [2.24, 2.45) is 0 Å². The number of anilines is 3. The Morgan fingerprint density at radius 3 is 2.30 bits per heavy atom. The molecule has 4 rings (SSSR count). The molecule has 224 valence electrons. The fourth-order valence-electron chi connectivity index (χ4n) is 4.24. The van der Waals surface area contributed by atoms with E-state index in [1.54, 1.807) is 75.6 Å². The lowest BCUT2D eigenvalue weighted by molar-refractivity contribution is 0.0635. The summed E-state index contributed by atoms with van der Waals surface area (Å²) >= 11 is 0. The summed E-state index contributed by atoms with van der Waals surface area (Å²) < 4.78 is 5.32. The summed E-state index contributed by atoms with van der Waals surface area (Å²) in [5.74, 6) is -0.452. The molecule has 0 fully saturated rings. The summed E-state index contributed by atoms with van der Waals surface area (Å²) in [6.45, 7) is 6.03. The average Bonchev–Trinajstić information content (AvgIpc) is 2.95. The summed E-state index contributed by atoms with van der Waals surface area (Å²) in [4.78, 5) is 49.0. The molecule has 0 aliphatic carbocycles. The second-order valence-corrected chi connectivity index (χ2v) is 11.3. The molecule has 0 saturated carbocycles. The first-order valence-corrected chi connectivity index (χ1v) is 13.9. The number of hydrogen-bond donors (Lipinski definition) is 4. The number of benzene rings is 2. The maximum absolute atomic E-state index is 13.0. The maximum Gasteiger partial charge on any atom is 0.412 e. The summed E-state index contributed by atoms with van der Waals surface area (Å²) in [5.41, 5.74) is 2.55. The third-order valence-electron chi connectivity index (χ3n) is 6.26. The lowest BCUT2D eigenvalue weighted by Gasteiger charge is -2.21. The molecule has 0 radical (unpaired) electrons. The van der Waals surface area contributed by atoms with E-state index < -0.39 is 17.6 Å². The van der Waals surface area contributed by atoms with Crippen LogP contribution in [-0.4, -0.2) is 59.1 Å². The predicted molar refractivity (Wildman–Crippen MR) is 168 cm³/mol. The Morgan fingerprint density at radius 1 is 0.884 bits per heavy atom. The highest BCUT2D eigenvalue weighted by Crippen LogP contribution is 2.24. The molecule has 4 amide bonds. The standard InChI is InChI=1S/C32H37N7O4/c1-32(2,3)43-31(42)38-27-11-7-6-10-26(27)36-29(40)28-14-12-22(20-34-28)25(16-18-39(4)5)37-30(41)35-23-13-15-24-21(19-23)9-8-17-33-24/h6-15,17,19-20,25H,16,18H2,1-5H3,(H,36,40)(H,38,42)(H2,35,37,41). The van der Waals surface area contributed by atoms with E-state index in [1.807, 2.05) is 43.3 Å². The zero-order valence-electron chi connectivity index (χ0n) is 25.0. The Hall–Kier alpha value is -5.03. The van der Waals surface area contributed by atoms with Gasteiger partial charge in [-0.15, -0.1) is 0 Å². The van der Waals surface area contributed by atoms with Gasteiger partial charge in [0.15, 0.2) is 0 Å². The van der Waals surface area contributed by atoms with Gasteiger partial charge in [0.05, 0.1) is 22.9 Å². The van der Waals surface area contributed by atoms with Crippen LogP contribution in [0.1, 0.15) is 49.3 Å². The summed E-state index contributed by atoms with van der Waals surface area (Å²) in [5, 5.41) is 12.3. The van der Waals surface area contributed by atoms with Crippen LogP contribution < -0.4 is 21.3 Å². The molecule has 4 N–H and O–H groups in total. The zero-order chi connectivity index (χ0) is 31.0. The van der Waals surface area contributed by atoms with Crippen molar-refractivity contribution in [1.29, 1.82) is 0 Å². The molecule has 11 nitrogen and oxygen atoms in total. The summed E-state index contributed by atoms with van der Waals surface area (Å²) in [7, 11) is 3.92. The number of aromatic nitrogens is 2. The minimum atomic E-state index is -0.665. The Labute approximate surface area is 251 Å². The van der Waals surface area contributed by atoms with Crippen LogP contribution in [0.25, 0.3) is 10.9 Å². The van der Waals surface area contributed by atoms with E-state index in [4.69, 9.17) is 4.74 Å². The lowest BCUT2D eigenvalue weighted by Crippen LogP contribution is -2.34. The molecule has 0 spiro atoms. The predicted octanol–water partition coefficient (Wildman–Crippen LogP) is 6.04. The van der Waals surface area contributed by atoms with Gasteiger partial charge in [-0.05, 0) is 95.9 Å². The van der Waals surface area contributed by atoms with E-state index in [0.29, 0.717) is 23.5 Å². The van der Waals surface area contributed by atoms with Crippen molar-refractivity contribution >= 4 is 46.0 Å². The fourth-order valence-corrected chi connectivity index (χ4v) is 4.24. The third kappa shape index (κ3) is 9.23. The van der Waals surface area contributed by atoms with Gasteiger partial charge in [0, 0.05) is 23.5 Å². The van der Waals surface area contributed by atoms with Gasteiger partial charge in [0.25, 0.3) is 5.91 Å². The first-order valence-electron chi connectivity index (χ1n) is 13.9. The van der Waals surface area contributed by atoms with Gasteiger partial charge in [-0.25, -0.2) is 9.59 Å². The number of carbonyl (C=O) groups is 3. The molecule has 4 aromatic rings. The van der Waals surface area contributed by atoms with Crippen LogP contribution in [0.15, 0.2) is 79.1 Å². The Morgan fingerprint density at radius 2 is 1.63 bits per heavy atom. The van der Waals surface area contributed by atoms with Crippen LogP contribution in [0, 0.1) is 0 Å². The SMILES string of the molecule is CN(C)CCC(NC(=O)Nc1ccc2ncccc2c1)c1ccc(C(=O)Nc2ccccc2NC(=O)OC(C)(C)C)nc1. The largest absolute Gasteiger partial charge is 0.444 e. The third-order valence-corrected chi connectivity index (χ3v) is 6.26. The molecular weight excluding hydrogens is 546 g/mol. The second kappa shape index (κ2) is 13.8. The van der Waals surface area contributed by atoms with Gasteiger partial charge >= 0.3 is 12.1 Å². The van der Waals surface area contributed by atoms with Crippen molar-refractivity contribution in [2.75, 3.05) is 36.6 Å². The van der Waals surface area contributed by atoms with E-state index >= 15 is 0 Å². The average molecular weight is 584 g/mol. The number of amides is 4. The van der Waals surface area contributed by atoms with Gasteiger partial charge in [0.1, 0.15) is 11.3 Å². The number of fused-ring (bicyclic) bond motifs is 1. The van der Waals surface area contributed by atoms with Crippen molar-refractivity contribution in [3.05, 3.63) is 90.4 Å². The van der Waals surface area contributed by atoms with Gasteiger partial charge in [-0.3, -0.25) is 20.1 Å². The van der Waals surface area contributed by atoms with Gasteiger partial charge in [-0.1, -0.05) is 24.3 Å². The number of carbonyl (C=O) groups excluding carboxylic acids is 3. The van der Waals surface area contributed by atoms with E-state index in [0.717, 1.165) is 23.0 Å². The van der Waals surface area contributed by atoms with Gasteiger partial charge < -0.3 is 25.6 Å². The number of hydrogen-bond acceptors (Lipinski definition) is 7. The van der Waals surface area contributed by atoms with Crippen molar-refractivity contribution in [1.82, 2.24) is 20.2 Å².